The number of likely N-dealkylation sites (tertiary alicyclic amines) is 1. The first-order valence-corrected chi connectivity index (χ1v) is 8.64. The largest absolute Gasteiger partial charge is 0.474 e. The zero-order chi connectivity index (χ0) is 17.8. The van der Waals surface area contributed by atoms with Gasteiger partial charge in [-0.25, -0.2) is 4.98 Å². The fraction of sp³-hybridized carbons (Fsp3) is 0.263. The van der Waals surface area contributed by atoms with Crippen LogP contribution in [0, 0.1) is 0 Å². The Morgan fingerprint density at radius 1 is 1.04 bits per heavy atom. The molecule has 7 heteroatoms. The first kappa shape index (κ1) is 16.3. The fourth-order valence-corrected chi connectivity index (χ4v) is 2.97. The monoisotopic (exact) mass is 349 g/mol. The molecular weight excluding hydrogens is 330 g/mol. The van der Waals surface area contributed by atoms with E-state index in [1.807, 2.05) is 48.5 Å². The molecular formula is C19H19N5O2. The van der Waals surface area contributed by atoms with E-state index in [1.165, 1.54) is 11.0 Å². The number of amides is 1. The Balaban J connectivity index is 1.36. The fourth-order valence-electron chi connectivity index (χ4n) is 2.97. The van der Waals surface area contributed by atoms with Gasteiger partial charge in [0.15, 0.2) is 5.69 Å². The lowest BCUT2D eigenvalue weighted by Gasteiger charge is -2.31. The number of pyridine rings is 1. The molecule has 1 fully saturated rings. The van der Waals surface area contributed by atoms with Gasteiger partial charge in [0, 0.05) is 38.2 Å². The highest BCUT2D eigenvalue weighted by Gasteiger charge is 2.26. The molecule has 132 valence electrons. The van der Waals surface area contributed by atoms with Crippen LogP contribution in [0.4, 0.5) is 0 Å². The van der Waals surface area contributed by atoms with Crippen molar-refractivity contribution in [3.8, 4) is 11.6 Å². The molecule has 0 N–H and O–H groups in total. The van der Waals surface area contributed by atoms with Crippen molar-refractivity contribution in [1.82, 2.24) is 24.9 Å². The van der Waals surface area contributed by atoms with Crippen LogP contribution in [0.3, 0.4) is 0 Å². The number of carbonyl (C=O) groups excluding carboxylic acids is 1. The van der Waals surface area contributed by atoms with Crippen LogP contribution in [0.1, 0.15) is 23.3 Å². The SMILES string of the molecule is O=C(c1cnn(-c2ccccc2)n1)N1CCC(Oc2ccccn2)CC1. The Morgan fingerprint density at radius 3 is 2.54 bits per heavy atom. The first-order valence-electron chi connectivity index (χ1n) is 8.64. The van der Waals surface area contributed by atoms with Gasteiger partial charge in [-0.2, -0.15) is 9.90 Å². The predicted octanol–water partition coefficient (Wildman–Crippen LogP) is 2.35. The number of nitrogens with zero attached hydrogens (tertiary/aromatic N) is 5. The third-order valence-corrected chi connectivity index (χ3v) is 4.35. The van der Waals surface area contributed by atoms with Crippen LogP contribution in [0.15, 0.2) is 60.9 Å². The third kappa shape index (κ3) is 3.56. The van der Waals surface area contributed by atoms with Gasteiger partial charge in [0.25, 0.3) is 5.91 Å². The summed E-state index contributed by atoms with van der Waals surface area (Å²) in [6.07, 6.45) is 4.86. The van der Waals surface area contributed by atoms with Crippen LogP contribution >= 0.6 is 0 Å². The number of rotatable bonds is 4. The van der Waals surface area contributed by atoms with Crippen molar-refractivity contribution in [3.63, 3.8) is 0 Å². The van der Waals surface area contributed by atoms with Gasteiger partial charge in [0.2, 0.25) is 5.88 Å². The van der Waals surface area contributed by atoms with Crippen molar-refractivity contribution < 1.29 is 9.53 Å². The van der Waals surface area contributed by atoms with Gasteiger partial charge in [0.1, 0.15) is 6.10 Å². The summed E-state index contributed by atoms with van der Waals surface area (Å²) < 4.78 is 5.87. The van der Waals surface area contributed by atoms with Crippen LogP contribution in [0.2, 0.25) is 0 Å². The molecule has 1 aliphatic rings. The van der Waals surface area contributed by atoms with Crippen molar-refractivity contribution >= 4 is 5.91 Å². The topological polar surface area (TPSA) is 73.1 Å². The summed E-state index contributed by atoms with van der Waals surface area (Å²) in [6, 6.07) is 15.1. The van der Waals surface area contributed by atoms with Gasteiger partial charge in [-0.3, -0.25) is 4.79 Å². The van der Waals surface area contributed by atoms with E-state index in [0.717, 1.165) is 18.5 Å². The molecule has 1 saturated heterocycles. The van der Waals surface area contributed by atoms with Crippen LogP contribution in [0.25, 0.3) is 5.69 Å². The van der Waals surface area contributed by atoms with Gasteiger partial charge < -0.3 is 9.64 Å². The van der Waals surface area contributed by atoms with E-state index in [1.54, 1.807) is 11.1 Å². The maximum absolute atomic E-state index is 12.7. The normalized spacial score (nSPS) is 15.0. The summed E-state index contributed by atoms with van der Waals surface area (Å²) in [5, 5.41) is 8.51. The molecule has 1 aromatic carbocycles. The van der Waals surface area contributed by atoms with E-state index in [9.17, 15) is 4.79 Å². The van der Waals surface area contributed by atoms with E-state index in [0.29, 0.717) is 24.7 Å². The summed E-state index contributed by atoms with van der Waals surface area (Å²) >= 11 is 0. The van der Waals surface area contributed by atoms with Crippen molar-refractivity contribution in [3.05, 3.63) is 66.6 Å². The van der Waals surface area contributed by atoms with Crippen LogP contribution in [0.5, 0.6) is 5.88 Å². The number of piperidine rings is 1. The molecule has 0 radical (unpaired) electrons. The lowest BCUT2D eigenvalue weighted by molar-refractivity contribution is 0.0582. The zero-order valence-corrected chi connectivity index (χ0v) is 14.2. The second-order valence-corrected chi connectivity index (χ2v) is 6.13. The number of para-hydroxylation sites is 1. The van der Waals surface area contributed by atoms with Crippen LogP contribution in [-0.4, -0.2) is 50.0 Å². The Kier molecular flexibility index (Phi) is 4.59. The van der Waals surface area contributed by atoms with E-state index < -0.39 is 0 Å². The highest BCUT2D eigenvalue weighted by atomic mass is 16.5. The summed E-state index contributed by atoms with van der Waals surface area (Å²) in [4.78, 5) is 20.1. The quantitative estimate of drug-likeness (QED) is 0.723. The van der Waals surface area contributed by atoms with E-state index in [-0.39, 0.29) is 12.0 Å². The summed E-state index contributed by atoms with van der Waals surface area (Å²) in [5.41, 5.74) is 1.19. The maximum atomic E-state index is 12.7. The maximum Gasteiger partial charge on any atom is 0.276 e. The lowest BCUT2D eigenvalue weighted by Crippen LogP contribution is -2.42. The second-order valence-electron chi connectivity index (χ2n) is 6.13. The minimum absolute atomic E-state index is 0.0777. The van der Waals surface area contributed by atoms with Crippen LogP contribution < -0.4 is 4.74 Å². The Bertz CT molecular complexity index is 858. The minimum Gasteiger partial charge on any atom is -0.474 e. The van der Waals surface area contributed by atoms with Crippen molar-refractivity contribution in [2.75, 3.05) is 13.1 Å². The summed E-state index contributed by atoms with van der Waals surface area (Å²) in [7, 11) is 0. The molecule has 0 unspecified atom stereocenters. The van der Waals surface area contributed by atoms with Crippen molar-refractivity contribution in [1.29, 1.82) is 0 Å². The predicted molar refractivity (Wildman–Crippen MR) is 95.1 cm³/mol. The van der Waals surface area contributed by atoms with Crippen LogP contribution in [-0.2, 0) is 0 Å². The van der Waals surface area contributed by atoms with E-state index in [4.69, 9.17) is 4.74 Å². The number of ether oxygens (including phenoxy) is 1. The summed E-state index contributed by atoms with van der Waals surface area (Å²) in [5.74, 6) is 0.534. The molecule has 0 aliphatic carbocycles. The number of hydrogen-bond donors (Lipinski definition) is 0. The number of aromatic nitrogens is 4. The van der Waals surface area contributed by atoms with Gasteiger partial charge in [-0.15, -0.1) is 5.10 Å². The standard InChI is InChI=1S/C19H19N5O2/c25-19(17-14-21-24(22-17)15-6-2-1-3-7-15)23-12-9-16(10-13-23)26-18-8-4-5-11-20-18/h1-8,11,14,16H,9-10,12-13H2. The van der Waals surface area contributed by atoms with E-state index in [2.05, 4.69) is 15.2 Å². The first-order chi connectivity index (χ1) is 12.8. The molecule has 4 rings (SSSR count). The van der Waals surface area contributed by atoms with Crippen molar-refractivity contribution in [2.24, 2.45) is 0 Å². The van der Waals surface area contributed by atoms with Crippen molar-refractivity contribution in [2.45, 2.75) is 18.9 Å². The second kappa shape index (κ2) is 7.35. The lowest BCUT2D eigenvalue weighted by atomic mass is 10.1. The Hall–Kier alpha value is -3.22. The number of carbonyl (C=O) groups is 1. The Morgan fingerprint density at radius 2 is 1.81 bits per heavy atom. The third-order valence-electron chi connectivity index (χ3n) is 4.35. The van der Waals surface area contributed by atoms with Gasteiger partial charge in [-0.1, -0.05) is 24.3 Å². The smallest absolute Gasteiger partial charge is 0.276 e. The highest BCUT2D eigenvalue weighted by molar-refractivity contribution is 5.92. The summed E-state index contributed by atoms with van der Waals surface area (Å²) in [6.45, 7) is 1.27. The highest BCUT2D eigenvalue weighted by Crippen LogP contribution is 2.18. The van der Waals surface area contributed by atoms with Gasteiger partial charge in [0.05, 0.1) is 11.9 Å². The minimum atomic E-state index is -0.0940. The van der Waals surface area contributed by atoms with Gasteiger partial charge in [-0.05, 0) is 18.2 Å². The molecule has 1 amide bonds. The molecule has 3 heterocycles. The molecule has 0 spiro atoms. The molecule has 0 bridgehead atoms. The average molecular weight is 349 g/mol. The van der Waals surface area contributed by atoms with Gasteiger partial charge >= 0.3 is 0 Å². The zero-order valence-electron chi connectivity index (χ0n) is 14.2. The molecule has 1 aliphatic heterocycles. The molecule has 0 atom stereocenters. The molecule has 2 aromatic heterocycles. The average Bonchev–Trinajstić information content (AvgIpc) is 3.20. The number of benzene rings is 1. The van der Waals surface area contributed by atoms with E-state index >= 15 is 0 Å². The number of hydrogen-bond acceptors (Lipinski definition) is 5. The molecule has 0 saturated carbocycles. The Labute approximate surface area is 151 Å². The molecule has 3 aromatic rings. The molecule has 26 heavy (non-hydrogen) atoms. The molecule has 7 nitrogen and oxygen atoms in total.